The van der Waals surface area contributed by atoms with Crippen LogP contribution in [0.3, 0.4) is 0 Å². The average Bonchev–Trinajstić information content (AvgIpc) is 2.72. The van der Waals surface area contributed by atoms with Crippen molar-refractivity contribution in [3.8, 4) is 5.75 Å². The van der Waals surface area contributed by atoms with Crippen molar-refractivity contribution in [3.63, 3.8) is 0 Å². The first-order valence-corrected chi connectivity index (χ1v) is 10.1. The number of anilines is 2. The van der Waals surface area contributed by atoms with Crippen molar-refractivity contribution >= 4 is 50.7 Å². The predicted octanol–water partition coefficient (Wildman–Crippen LogP) is 5.28. The summed E-state index contributed by atoms with van der Waals surface area (Å²) in [6.07, 6.45) is 0. The Kier molecular flexibility index (Phi) is 5.56. The number of nitrogens with zero attached hydrogens (tertiary/aromatic N) is 1. The number of fused-ring (bicyclic) bond motifs is 1. The lowest BCUT2D eigenvalue weighted by atomic mass is 10.1. The maximum atomic E-state index is 12.6. The van der Waals surface area contributed by atoms with Crippen molar-refractivity contribution in [2.45, 2.75) is 6.54 Å². The van der Waals surface area contributed by atoms with E-state index in [9.17, 15) is 9.59 Å². The van der Waals surface area contributed by atoms with Gasteiger partial charge in [-0.25, -0.2) is 0 Å². The molecule has 7 heteroatoms. The van der Waals surface area contributed by atoms with Crippen LogP contribution in [0, 0.1) is 0 Å². The molecule has 0 bridgehead atoms. The summed E-state index contributed by atoms with van der Waals surface area (Å²) in [5.74, 6) is 0.153. The maximum absolute atomic E-state index is 12.6. The third-order valence-electron chi connectivity index (χ3n) is 4.56. The van der Waals surface area contributed by atoms with Crippen LogP contribution in [0.4, 0.5) is 11.4 Å². The summed E-state index contributed by atoms with van der Waals surface area (Å²) in [4.78, 5) is 26.8. The van der Waals surface area contributed by atoms with Gasteiger partial charge in [0.05, 0.1) is 17.8 Å². The molecule has 0 saturated carbocycles. The molecule has 1 N–H and O–H groups in total. The lowest BCUT2D eigenvalue weighted by Gasteiger charge is -2.30. The van der Waals surface area contributed by atoms with Gasteiger partial charge in [0, 0.05) is 15.2 Å². The normalized spacial score (nSPS) is 12.9. The highest BCUT2D eigenvalue weighted by atomic mass is 79.9. The fourth-order valence-corrected chi connectivity index (χ4v) is 3.75. The van der Waals surface area contributed by atoms with Crippen molar-refractivity contribution in [2.24, 2.45) is 0 Å². The Morgan fingerprint density at radius 2 is 1.86 bits per heavy atom. The van der Waals surface area contributed by atoms with Crippen LogP contribution in [0.1, 0.15) is 15.9 Å². The van der Waals surface area contributed by atoms with Crippen LogP contribution in [0.25, 0.3) is 0 Å². The number of hydrogen-bond donors (Lipinski definition) is 1. The average molecular weight is 472 g/mol. The smallest absolute Gasteiger partial charge is 0.265 e. The van der Waals surface area contributed by atoms with Crippen molar-refractivity contribution < 1.29 is 14.3 Å². The van der Waals surface area contributed by atoms with Gasteiger partial charge in [-0.15, -0.1) is 0 Å². The zero-order valence-corrected chi connectivity index (χ0v) is 17.5. The lowest BCUT2D eigenvalue weighted by molar-refractivity contribution is -0.121. The van der Waals surface area contributed by atoms with Gasteiger partial charge in [0.1, 0.15) is 5.75 Å². The van der Waals surface area contributed by atoms with Crippen LogP contribution >= 0.6 is 27.5 Å². The van der Waals surface area contributed by atoms with Gasteiger partial charge >= 0.3 is 0 Å². The third-order valence-corrected chi connectivity index (χ3v) is 5.62. The van der Waals surface area contributed by atoms with Gasteiger partial charge in [-0.2, -0.15) is 0 Å². The Hall–Kier alpha value is -2.83. The van der Waals surface area contributed by atoms with E-state index in [0.717, 1.165) is 5.56 Å². The summed E-state index contributed by atoms with van der Waals surface area (Å²) in [7, 11) is 0. The molecule has 0 aromatic heterocycles. The standard InChI is InChI=1S/C22H16BrClN2O3/c23-17-7-3-2-6-16(17)22(28)25-15-9-10-20-19(11-15)26(21(27)13-29-20)12-14-5-1-4-8-18(14)24/h1-11H,12-13H2,(H,25,28). The number of rotatable bonds is 4. The molecule has 1 heterocycles. The molecule has 0 unspecified atom stereocenters. The molecule has 146 valence electrons. The van der Waals surface area contributed by atoms with Gasteiger partial charge in [0.15, 0.2) is 6.61 Å². The van der Waals surface area contributed by atoms with E-state index < -0.39 is 0 Å². The van der Waals surface area contributed by atoms with Gasteiger partial charge in [0.25, 0.3) is 11.8 Å². The summed E-state index contributed by atoms with van der Waals surface area (Å²) in [6.45, 7) is 0.274. The largest absolute Gasteiger partial charge is 0.482 e. The molecule has 2 amide bonds. The fraction of sp³-hybridized carbons (Fsp3) is 0.0909. The van der Waals surface area contributed by atoms with E-state index in [4.69, 9.17) is 16.3 Å². The zero-order valence-electron chi connectivity index (χ0n) is 15.2. The van der Waals surface area contributed by atoms with Gasteiger partial charge in [-0.1, -0.05) is 41.9 Å². The molecule has 3 aromatic carbocycles. The van der Waals surface area contributed by atoms with Gasteiger partial charge in [-0.05, 0) is 57.9 Å². The molecule has 1 aliphatic rings. The first-order chi connectivity index (χ1) is 14.0. The molecule has 5 nitrogen and oxygen atoms in total. The van der Waals surface area contributed by atoms with Crippen molar-refractivity contribution in [1.82, 2.24) is 0 Å². The number of benzene rings is 3. The summed E-state index contributed by atoms with van der Waals surface area (Å²) < 4.78 is 6.26. The molecule has 4 rings (SSSR count). The minimum atomic E-state index is -0.252. The zero-order chi connectivity index (χ0) is 20.4. The Balaban J connectivity index is 1.63. The molecule has 0 saturated heterocycles. The number of ether oxygens (including phenoxy) is 1. The Bertz CT molecular complexity index is 1100. The van der Waals surface area contributed by atoms with Crippen molar-refractivity contribution in [3.05, 3.63) is 87.4 Å². The molecular formula is C22H16BrClN2O3. The molecular weight excluding hydrogens is 456 g/mol. The molecule has 0 atom stereocenters. The molecule has 1 aliphatic heterocycles. The highest BCUT2D eigenvalue weighted by Crippen LogP contribution is 2.36. The summed E-state index contributed by atoms with van der Waals surface area (Å²) in [6, 6.07) is 19.8. The Morgan fingerprint density at radius 1 is 1.10 bits per heavy atom. The van der Waals surface area contributed by atoms with E-state index >= 15 is 0 Å². The molecule has 0 fully saturated rings. The number of amides is 2. The maximum Gasteiger partial charge on any atom is 0.265 e. The summed E-state index contributed by atoms with van der Waals surface area (Å²) in [5, 5.41) is 3.46. The van der Waals surface area contributed by atoms with E-state index in [1.54, 1.807) is 47.4 Å². The second kappa shape index (κ2) is 8.27. The van der Waals surface area contributed by atoms with Crippen molar-refractivity contribution in [1.29, 1.82) is 0 Å². The lowest BCUT2D eigenvalue weighted by Crippen LogP contribution is -2.38. The van der Waals surface area contributed by atoms with Crippen molar-refractivity contribution in [2.75, 3.05) is 16.8 Å². The van der Waals surface area contributed by atoms with E-state index in [-0.39, 0.29) is 18.4 Å². The van der Waals surface area contributed by atoms with Gasteiger partial charge < -0.3 is 15.0 Å². The molecule has 0 spiro atoms. The molecule has 29 heavy (non-hydrogen) atoms. The fourth-order valence-electron chi connectivity index (χ4n) is 3.09. The van der Waals surface area contributed by atoms with Crippen LogP contribution in [-0.2, 0) is 11.3 Å². The number of nitrogens with one attached hydrogen (secondary N) is 1. The summed E-state index contributed by atoms with van der Waals surface area (Å²) >= 11 is 9.66. The third kappa shape index (κ3) is 4.13. The van der Waals surface area contributed by atoms with Gasteiger partial charge in [-0.3, -0.25) is 9.59 Å². The monoisotopic (exact) mass is 470 g/mol. The van der Waals surface area contributed by atoms with Crippen LogP contribution in [0.5, 0.6) is 5.75 Å². The second-order valence-electron chi connectivity index (χ2n) is 6.48. The minimum absolute atomic E-state index is 0.0415. The SMILES string of the molecule is O=C(Nc1ccc2c(c1)N(Cc1ccccc1Cl)C(=O)CO2)c1ccccc1Br. The highest BCUT2D eigenvalue weighted by molar-refractivity contribution is 9.10. The van der Waals surface area contributed by atoms with Gasteiger partial charge in [0.2, 0.25) is 0 Å². The Labute approximate surface area is 181 Å². The quantitative estimate of drug-likeness (QED) is 0.563. The van der Waals surface area contributed by atoms with Crippen LogP contribution in [0.15, 0.2) is 71.2 Å². The number of carbonyl (C=O) groups excluding carboxylic acids is 2. The van der Waals surface area contributed by atoms with Crippen LogP contribution < -0.4 is 15.0 Å². The molecule has 0 radical (unpaired) electrons. The molecule has 3 aromatic rings. The van der Waals surface area contributed by atoms with E-state index in [0.29, 0.717) is 38.7 Å². The topological polar surface area (TPSA) is 58.6 Å². The van der Waals surface area contributed by atoms with Crippen LogP contribution in [0.2, 0.25) is 5.02 Å². The van der Waals surface area contributed by atoms with E-state index in [1.807, 2.05) is 24.3 Å². The molecule has 0 aliphatic carbocycles. The minimum Gasteiger partial charge on any atom is -0.482 e. The van der Waals surface area contributed by atoms with E-state index in [1.165, 1.54) is 0 Å². The van der Waals surface area contributed by atoms with E-state index in [2.05, 4.69) is 21.2 Å². The predicted molar refractivity (Wildman–Crippen MR) is 117 cm³/mol. The number of halogens is 2. The summed E-state index contributed by atoms with van der Waals surface area (Å²) in [5.41, 5.74) is 2.50. The first-order valence-electron chi connectivity index (χ1n) is 8.89. The second-order valence-corrected chi connectivity index (χ2v) is 7.74. The Morgan fingerprint density at radius 3 is 2.66 bits per heavy atom. The number of carbonyl (C=O) groups is 2. The first kappa shape index (κ1) is 19.5. The highest BCUT2D eigenvalue weighted by Gasteiger charge is 2.27. The van der Waals surface area contributed by atoms with Crippen LogP contribution in [-0.4, -0.2) is 18.4 Å². The number of hydrogen-bond acceptors (Lipinski definition) is 3.